The first-order valence-corrected chi connectivity index (χ1v) is 8.60. The highest BCUT2D eigenvalue weighted by molar-refractivity contribution is 6.35. The lowest BCUT2D eigenvalue weighted by Crippen LogP contribution is -2.51. The van der Waals surface area contributed by atoms with Gasteiger partial charge in [0.05, 0.1) is 17.3 Å². The minimum absolute atomic E-state index is 0.303. The number of amides is 3. The molecule has 136 valence electrons. The summed E-state index contributed by atoms with van der Waals surface area (Å²) >= 11 is 11.8. The highest BCUT2D eigenvalue weighted by Gasteiger charge is 2.26. The van der Waals surface area contributed by atoms with Crippen LogP contribution < -0.4 is 5.32 Å². The third-order valence-corrected chi connectivity index (χ3v) is 4.24. The molecule has 0 bridgehead atoms. The lowest BCUT2D eigenvalue weighted by atomic mass is 10.2. The molecule has 25 heavy (non-hydrogen) atoms. The number of anilines is 1. The zero-order chi connectivity index (χ0) is 18.4. The summed E-state index contributed by atoms with van der Waals surface area (Å²) in [5.74, 6) is -0.777. The van der Waals surface area contributed by atoms with Gasteiger partial charge in [0.1, 0.15) is 6.42 Å². The maximum atomic E-state index is 12.2. The van der Waals surface area contributed by atoms with Crippen molar-refractivity contribution in [3.63, 3.8) is 0 Å². The molecular formula is C16H19Cl2N3O4. The van der Waals surface area contributed by atoms with E-state index in [0.29, 0.717) is 48.5 Å². The van der Waals surface area contributed by atoms with Crippen LogP contribution in [-0.4, -0.2) is 60.5 Å². The Morgan fingerprint density at radius 3 is 2.40 bits per heavy atom. The molecule has 1 aliphatic heterocycles. The number of halogens is 2. The lowest BCUT2D eigenvalue weighted by molar-refractivity contribution is -0.135. The van der Waals surface area contributed by atoms with Crippen LogP contribution in [0.2, 0.25) is 10.0 Å². The largest absolute Gasteiger partial charge is 0.450 e. The minimum atomic E-state index is -0.470. The number of carbonyl (C=O) groups is 3. The van der Waals surface area contributed by atoms with Crippen LogP contribution in [-0.2, 0) is 14.3 Å². The Kier molecular flexibility index (Phi) is 6.90. The van der Waals surface area contributed by atoms with E-state index in [4.69, 9.17) is 27.9 Å². The maximum absolute atomic E-state index is 12.2. The second-order valence-electron chi connectivity index (χ2n) is 5.42. The lowest BCUT2D eigenvalue weighted by Gasteiger charge is -2.34. The van der Waals surface area contributed by atoms with Gasteiger partial charge in [0, 0.05) is 31.2 Å². The predicted octanol–water partition coefficient (Wildman–Crippen LogP) is 2.62. The second-order valence-corrected chi connectivity index (χ2v) is 6.26. The molecule has 0 unspecified atom stereocenters. The van der Waals surface area contributed by atoms with E-state index in [-0.39, 0.29) is 18.4 Å². The number of piperazine rings is 1. The molecule has 1 aromatic rings. The second kappa shape index (κ2) is 8.92. The molecule has 0 atom stereocenters. The topological polar surface area (TPSA) is 79.0 Å². The monoisotopic (exact) mass is 387 g/mol. The molecule has 0 saturated carbocycles. The average Bonchev–Trinajstić information content (AvgIpc) is 2.58. The van der Waals surface area contributed by atoms with E-state index < -0.39 is 5.91 Å². The van der Waals surface area contributed by atoms with Crippen LogP contribution in [0.25, 0.3) is 0 Å². The number of nitrogens with zero attached hydrogens (tertiary/aromatic N) is 2. The molecule has 1 N–H and O–H groups in total. The Morgan fingerprint density at radius 1 is 1.12 bits per heavy atom. The molecule has 1 saturated heterocycles. The zero-order valence-corrected chi connectivity index (χ0v) is 15.3. The molecule has 1 aromatic carbocycles. The molecule has 1 aliphatic rings. The summed E-state index contributed by atoms with van der Waals surface area (Å²) in [6, 6.07) is 4.69. The van der Waals surface area contributed by atoms with Crippen molar-refractivity contribution in [2.75, 3.05) is 38.1 Å². The van der Waals surface area contributed by atoms with Crippen molar-refractivity contribution in [1.82, 2.24) is 9.80 Å². The van der Waals surface area contributed by atoms with E-state index in [1.54, 1.807) is 28.9 Å². The van der Waals surface area contributed by atoms with Crippen molar-refractivity contribution in [2.45, 2.75) is 13.3 Å². The van der Waals surface area contributed by atoms with Gasteiger partial charge in [-0.3, -0.25) is 9.59 Å². The van der Waals surface area contributed by atoms with E-state index in [9.17, 15) is 14.4 Å². The Balaban J connectivity index is 1.83. The van der Waals surface area contributed by atoms with Crippen molar-refractivity contribution in [3.05, 3.63) is 28.2 Å². The first-order chi connectivity index (χ1) is 11.9. The van der Waals surface area contributed by atoms with Crippen molar-refractivity contribution < 1.29 is 19.1 Å². The van der Waals surface area contributed by atoms with Gasteiger partial charge in [0.15, 0.2) is 0 Å². The van der Waals surface area contributed by atoms with Crippen molar-refractivity contribution in [3.8, 4) is 0 Å². The molecule has 9 heteroatoms. The van der Waals surface area contributed by atoms with Gasteiger partial charge in [-0.15, -0.1) is 0 Å². The van der Waals surface area contributed by atoms with E-state index in [0.717, 1.165) is 0 Å². The molecule has 0 aromatic heterocycles. The van der Waals surface area contributed by atoms with E-state index in [1.807, 2.05) is 0 Å². The number of hydrogen-bond acceptors (Lipinski definition) is 4. The molecule has 1 heterocycles. The Morgan fingerprint density at radius 2 is 1.76 bits per heavy atom. The zero-order valence-electron chi connectivity index (χ0n) is 13.8. The maximum Gasteiger partial charge on any atom is 0.409 e. The number of rotatable bonds is 4. The number of hydrogen-bond donors (Lipinski definition) is 1. The quantitative estimate of drug-likeness (QED) is 0.805. The summed E-state index contributed by atoms with van der Waals surface area (Å²) in [7, 11) is 0. The van der Waals surface area contributed by atoms with Gasteiger partial charge in [0.2, 0.25) is 11.8 Å². The number of ether oxygens (including phenoxy) is 1. The number of benzene rings is 1. The van der Waals surface area contributed by atoms with Gasteiger partial charge in [-0.1, -0.05) is 23.2 Å². The van der Waals surface area contributed by atoms with Crippen LogP contribution in [0, 0.1) is 0 Å². The van der Waals surface area contributed by atoms with Gasteiger partial charge >= 0.3 is 6.09 Å². The van der Waals surface area contributed by atoms with Gasteiger partial charge in [0.25, 0.3) is 0 Å². The van der Waals surface area contributed by atoms with Crippen LogP contribution in [0.3, 0.4) is 0 Å². The normalized spacial score (nSPS) is 14.2. The summed E-state index contributed by atoms with van der Waals surface area (Å²) < 4.78 is 4.92. The molecule has 1 fully saturated rings. The number of carbonyl (C=O) groups excluding carboxylic acids is 3. The summed E-state index contributed by atoms with van der Waals surface area (Å²) in [5.41, 5.74) is 0.360. The van der Waals surface area contributed by atoms with E-state index in [1.165, 1.54) is 6.07 Å². The van der Waals surface area contributed by atoms with Gasteiger partial charge in [-0.05, 0) is 25.1 Å². The van der Waals surface area contributed by atoms with Crippen LogP contribution >= 0.6 is 23.2 Å². The predicted molar refractivity (Wildman–Crippen MR) is 94.9 cm³/mol. The third kappa shape index (κ3) is 5.51. The van der Waals surface area contributed by atoms with Crippen molar-refractivity contribution in [1.29, 1.82) is 0 Å². The molecule has 3 amide bonds. The van der Waals surface area contributed by atoms with E-state index >= 15 is 0 Å². The van der Waals surface area contributed by atoms with Crippen LogP contribution in [0.5, 0.6) is 0 Å². The third-order valence-electron chi connectivity index (χ3n) is 3.67. The minimum Gasteiger partial charge on any atom is -0.450 e. The fourth-order valence-corrected chi connectivity index (χ4v) is 2.73. The first kappa shape index (κ1) is 19.3. The van der Waals surface area contributed by atoms with Gasteiger partial charge < -0.3 is 19.9 Å². The van der Waals surface area contributed by atoms with Crippen molar-refractivity contribution in [2.24, 2.45) is 0 Å². The summed E-state index contributed by atoms with van der Waals surface area (Å²) in [6.45, 7) is 3.54. The van der Waals surface area contributed by atoms with E-state index in [2.05, 4.69) is 5.32 Å². The fraction of sp³-hybridized carbons (Fsp3) is 0.438. The Hall–Kier alpha value is -1.99. The highest BCUT2D eigenvalue weighted by atomic mass is 35.5. The highest BCUT2D eigenvalue weighted by Crippen LogP contribution is 2.25. The summed E-state index contributed by atoms with van der Waals surface area (Å²) in [4.78, 5) is 39.0. The first-order valence-electron chi connectivity index (χ1n) is 7.85. The Labute approximate surface area is 155 Å². The average molecular weight is 388 g/mol. The van der Waals surface area contributed by atoms with Crippen LogP contribution in [0.4, 0.5) is 10.5 Å². The molecule has 0 radical (unpaired) electrons. The fourth-order valence-electron chi connectivity index (χ4n) is 2.39. The molecule has 0 aliphatic carbocycles. The van der Waals surface area contributed by atoms with Crippen molar-refractivity contribution >= 4 is 46.8 Å². The summed E-state index contributed by atoms with van der Waals surface area (Å²) in [6.07, 6.45) is -0.689. The molecular weight excluding hydrogens is 369 g/mol. The summed E-state index contributed by atoms with van der Waals surface area (Å²) in [5, 5.41) is 3.35. The smallest absolute Gasteiger partial charge is 0.409 e. The Bertz CT molecular complexity index is 661. The van der Waals surface area contributed by atoms with Crippen LogP contribution in [0.1, 0.15) is 13.3 Å². The SMILES string of the molecule is CCOC(=O)N1CCN(C(=O)CC(=O)Nc2cc(Cl)ccc2Cl)CC1. The molecule has 0 spiro atoms. The van der Waals surface area contributed by atoms with Gasteiger partial charge in [-0.2, -0.15) is 0 Å². The van der Waals surface area contributed by atoms with Gasteiger partial charge in [-0.25, -0.2) is 4.79 Å². The standard InChI is InChI=1S/C16H19Cl2N3O4/c1-2-25-16(24)21-7-5-20(6-8-21)15(23)10-14(22)19-13-9-11(17)3-4-12(13)18/h3-4,9H,2,5-8,10H2,1H3,(H,19,22). The van der Waals surface area contributed by atoms with Crippen LogP contribution in [0.15, 0.2) is 18.2 Å². The molecule has 7 nitrogen and oxygen atoms in total. The molecule has 2 rings (SSSR count). The number of nitrogens with one attached hydrogen (secondary N) is 1.